The Morgan fingerprint density at radius 2 is 1.24 bits per heavy atom. The minimum Gasteiger partial charge on any atom is -0.413 e. The maximum atomic E-state index is 6.33. The molecule has 0 aromatic heterocycles. The summed E-state index contributed by atoms with van der Waals surface area (Å²) in [5.41, 5.74) is 0.418. The van der Waals surface area contributed by atoms with Crippen molar-refractivity contribution in [1.82, 2.24) is 0 Å². The van der Waals surface area contributed by atoms with Crippen LogP contribution in [-0.2, 0) is 4.43 Å². The van der Waals surface area contributed by atoms with Crippen LogP contribution in [0.15, 0.2) is 0 Å². The standard InChI is InChI=1S/C14H34OSi2/c1-13(2,12-16(5,6)7)11-14(3,4)15-17(8,9)10/h11-12H2,1-10H3. The molecule has 104 valence electrons. The Morgan fingerprint density at radius 3 is 1.53 bits per heavy atom. The highest BCUT2D eigenvalue weighted by Crippen LogP contribution is 2.38. The molecule has 0 spiro atoms. The van der Waals surface area contributed by atoms with Crippen molar-refractivity contribution in [3.63, 3.8) is 0 Å². The summed E-state index contributed by atoms with van der Waals surface area (Å²) in [6.45, 7) is 23.5. The second-order valence-corrected chi connectivity index (χ2v) is 19.0. The molecule has 0 aromatic carbocycles. The highest BCUT2D eigenvalue weighted by molar-refractivity contribution is 6.76. The fourth-order valence-electron chi connectivity index (χ4n) is 3.52. The van der Waals surface area contributed by atoms with Crippen molar-refractivity contribution < 1.29 is 4.43 Å². The molecule has 1 nitrogen and oxygen atoms in total. The van der Waals surface area contributed by atoms with E-state index in [2.05, 4.69) is 67.0 Å². The molecule has 0 saturated heterocycles. The fraction of sp³-hybridized carbons (Fsp3) is 1.00. The fourth-order valence-corrected chi connectivity index (χ4v) is 8.24. The van der Waals surface area contributed by atoms with Gasteiger partial charge in [-0.25, -0.2) is 0 Å². The van der Waals surface area contributed by atoms with Crippen LogP contribution in [0.25, 0.3) is 0 Å². The highest BCUT2D eigenvalue weighted by Gasteiger charge is 2.35. The van der Waals surface area contributed by atoms with Crippen LogP contribution in [0, 0.1) is 5.41 Å². The molecule has 0 saturated carbocycles. The predicted octanol–water partition coefficient (Wildman–Crippen LogP) is 5.37. The average Bonchev–Trinajstić information content (AvgIpc) is 1.65. The highest BCUT2D eigenvalue weighted by atomic mass is 28.4. The summed E-state index contributed by atoms with van der Waals surface area (Å²) in [4.78, 5) is 0. The Morgan fingerprint density at radius 1 is 0.824 bits per heavy atom. The van der Waals surface area contributed by atoms with Gasteiger partial charge in [-0.3, -0.25) is 0 Å². The summed E-state index contributed by atoms with van der Waals surface area (Å²) >= 11 is 0. The van der Waals surface area contributed by atoms with Crippen molar-refractivity contribution in [3.8, 4) is 0 Å². The van der Waals surface area contributed by atoms with Crippen LogP contribution in [0.5, 0.6) is 0 Å². The summed E-state index contributed by atoms with van der Waals surface area (Å²) in [6, 6.07) is 1.37. The second kappa shape index (κ2) is 5.18. The van der Waals surface area contributed by atoms with Gasteiger partial charge in [0, 0.05) is 8.07 Å². The van der Waals surface area contributed by atoms with Crippen LogP contribution in [0.2, 0.25) is 45.3 Å². The van der Waals surface area contributed by atoms with Crippen molar-refractivity contribution in [2.24, 2.45) is 5.41 Å². The van der Waals surface area contributed by atoms with Gasteiger partial charge < -0.3 is 4.43 Å². The molecule has 17 heavy (non-hydrogen) atoms. The van der Waals surface area contributed by atoms with E-state index in [4.69, 9.17) is 4.43 Å². The Hall–Kier alpha value is 0.394. The molecule has 0 unspecified atom stereocenters. The van der Waals surface area contributed by atoms with Gasteiger partial charge in [0.2, 0.25) is 0 Å². The molecule has 0 fully saturated rings. The van der Waals surface area contributed by atoms with E-state index in [1.54, 1.807) is 0 Å². The van der Waals surface area contributed by atoms with Gasteiger partial charge >= 0.3 is 0 Å². The average molecular weight is 275 g/mol. The monoisotopic (exact) mass is 274 g/mol. The van der Waals surface area contributed by atoms with Crippen LogP contribution in [0.4, 0.5) is 0 Å². The SMILES string of the molecule is CC(C)(CC(C)(C)O[Si](C)(C)C)C[Si](C)(C)C. The summed E-state index contributed by atoms with van der Waals surface area (Å²) < 4.78 is 6.33. The van der Waals surface area contributed by atoms with Crippen LogP contribution in [0.3, 0.4) is 0 Å². The molecule has 0 aliphatic carbocycles. The Labute approximate surface area is 111 Å². The summed E-state index contributed by atoms with van der Waals surface area (Å²) in [6.07, 6.45) is 1.16. The Kier molecular flexibility index (Phi) is 5.30. The lowest BCUT2D eigenvalue weighted by Crippen LogP contribution is -2.42. The zero-order valence-electron chi connectivity index (χ0n) is 13.8. The number of rotatable bonds is 6. The van der Waals surface area contributed by atoms with Crippen molar-refractivity contribution in [3.05, 3.63) is 0 Å². The molecule has 0 atom stereocenters. The van der Waals surface area contributed by atoms with Gasteiger partial charge in [0.1, 0.15) is 0 Å². The van der Waals surface area contributed by atoms with Gasteiger partial charge in [0.05, 0.1) is 5.60 Å². The van der Waals surface area contributed by atoms with Gasteiger partial charge in [-0.05, 0) is 45.3 Å². The molecule has 0 N–H and O–H groups in total. The van der Waals surface area contributed by atoms with E-state index in [0.29, 0.717) is 5.41 Å². The van der Waals surface area contributed by atoms with Gasteiger partial charge in [0.25, 0.3) is 0 Å². The molecule has 0 radical (unpaired) electrons. The van der Waals surface area contributed by atoms with Crippen molar-refractivity contribution >= 4 is 16.4 Å². The zero-order valence-corrected chi connectivity index (χ0v) is 15.8. The van der Waals surface area contributed by atoms with E-state index in [9.17, 15) is 0 Å². The normalized spacial score (nSPS) is 15.2. The Bertz CT molecular complexity index is 218. The second-order valence-electron chi connectivity index (χ2n) is 9.05. The summed E-state index contributed by atoms with van der Waals surface area (Å²) in [5, 5.41) is 0. The van der Waals surface area contributed by atoms with E-state index < -0.39 is 16.4 Å². The number of hydrogen-bond acceptors (Lipinski definition) is 1. The molecule has 0 aromatic rings. The smallest absolute Gasteiger partial charge is 0.184 e. The minimum atomic E-state index is -1.44. The van der Waals surface area contributed by atoms with E-state index in [1.807, 2.05) is 0 Å². The first-order valence-corrected chi connectivity index (χ1v) is 13.9. The van der Waals surface area contributed by atoms with Gasteiger partial charge in [-0.1, -0.05) is 39.5 Å². The summed E-state index contributed by atoms with van der Waals surface area (Å²) in [5.74, 6) is 0. The van der Waals surface area contributed by atoms with Crippen LogP contribution < -0.4 is 0 Å². The van der Waals surface area contributed by atoms with E-state index in [0.717, 1.165) is 6.42 Å². The first-order chi connectivity index (χ1) is 7.12. The van der Waals surface area contributed by atoms with Gasteiger partial charge in [0.15, 0.2) is 8.32 Å². The largest absolute Gasteiger partial charge is 0.413 e. The van der Waals surface area contributed by atoms with Gasteiger partial charge in [-0.15, -0.1) is 0 Å². The third-order valence-electron chi connectivity index (χ3n) is 2.50. The van der Waals surface area contributed by atoms with Crippen molar-refractivity contribution in [2.75, 3.05) is 0 Å². The molecule has 0 heterocycles. The van der Waals surface area contributed by atoms with Crippen LogP contribution >= 0.6 is 0 Å². The van der Waals surface area contributed by atoms with Crippen molar-refractivity contribution in [1.29, 1.82) is 0 Å². The maximum Gasteiger partial charge on any atom is 0.184 e. The van der Waals surface area contributed by atoms with Gasteiger partial charge in [-0.2, -0.15) is 0 Å². The first-order valence-electron chi connectivity index (χ1n) is 6.82. The van der Waals surface area contributed by atoms with Crippen LogP contribution in [0.1, 0.15) is 34.1 Å². The molecular formula is C14H34OSi2. The quantitative estimate of drug-likeness (QED) is 0.592. The lowest BCUT2D eigenvalue weighted by atomic mass is 9.83. The molecular weight excluding hydrogens is 240 g/mol. The lowest BCUT2D eigenvalue weighted by molar-refractivity contribution is 0.0546. The predicted molar refractivity (Wildman–Crippen MR) is 85.1 cm³/mol. The maximum absolute atomic E-state index is 6.33. The van der Waals surface area contributed by atoms with E-state index >= 15 is 0 Å². The summed E-state index contributed by atoms with van der Waals surface area (Å²) in [7, 11) is -2.43. The third kappa shape index (κ3) is 10.0. The molecule has 0 aliphatic rings. The van der Waals surface area contributed by atoms with Crippen molar-refractivity contribution in [2.45, 2.75) is 85.0 Å². The molecule has 0 aliphatic heterocycles. The lowest BCUT2D eigenvalue weighted by Gasteiger charge is -2.41. The first kappa shape index (κ1) is 17.4. The minimum absolute atomic E-state index is 0.0215. The number of hydrogen-bond donors (Lipinski definition) is 0. The van der Waals surface area contributed by atoms with Crippen LogP contribution in [-0.4, -0.2) is 22.0 Å². The van der Waals surface area contributed by atoms with E-state index in [-0.39, 0.29) is 5.60 Å². The van der Waals surface area contributed by atoms with E-state index in [1.165, 1.54) is 6.04 Å². The zero-order chi connectivity index (χ0) is 14.1. The Balaban J connectivity index is 4.59. The topological polar surface area (TPSA) is 9.23 Å². The molecule has 0 amide bonds. The molecule has 0 bridgehead atoms. The molecule has 3 heteroatoms. The third-order valence-corrected chi connectivity index (χ3v) is 5.68. The molecule has 0 rings (SSSR count).